The molecule has 98 valence electrons. The monoisotopic (exact) mass is 279 g/mol. The number of tetrazole rings is 1. The van der Waals surface area contributed by atoms with Crippen LogP contribution in [0.4, 0.5) is 0 Å². The van der Waals surface area contributed by atoms with Gasteiger partial charge in [-0.25, -0.2) is 4.68 Å². The van der Waals surface area contributed by atoms with E-state index in [4.69, 9.17) is 10.4 Å². The Morgan fingerprint density at radius 1 is 1.58 bits per heavy atom. The molecule has 0 fully saturated rings. The highest BCUT2D eigenvalue weighted by atomic mass is 32.2. The molecule has 0 amide bonds. The van der Waals surface area contributed by atoms with E-state index in [1.165, 1.54) is 0 Å². The lowest BCUT2D eigenvalue weighted by atomic mass is 10.3. The third-order valence-corrected chi connectivity index (χ3v) is 3.39. The number of nitrogens with zero attached hydrogens (tertiary/aromatic N) is 7. The van der Waals surface area contributed by atoms with Crippen molar-refractivity contribution in [1.29, 1.82) is 5.26 Å². The van der Waals surface area contributed by atoms with Gasteiger partial charge in [0.2, 0.25) is 5.16 Å². The van der Waals surface area contributed by atoms with Crippen molar-refractivity contribution in [3.05, 3.63) is 11.3 Å². The number of hydrogen-bond donors (Lipinski definition) is 1. The van der Waals surface area contributed by atoms with E-state index in [1.807, 2.05) is 0 Å². The van der Waals surface area contributed by atoms with Gasteiger partial charge < -0.3 is 5.11 Å². The van der Waals surface area contributed by atoms with Crippen LogP contribution in [0.3, 0.4) is 0 Å². The molecular formula is C9H9N7O2S. The molecule has 0 bridgehead atoms. The number of aromatic nitrogens is 6. The van der Waals surface area contributed by atoms with E-state index in [2.05, 4.69) is 26.7 Å². The van der Waals surface area contributed by atoms with Crippen molar-refractivity contribution >= 4 is 17.7 Å². The third-order valence-electron chi connectivity index (χ3n) is 2.25. The number of nitriles is 1. The molecule has 0 atom stereocenters. The van der Waals surface area contributed by atoms with Gasteiger partial charge in [0.05, 0.1) is 5.69 Å². The van der Waals surface area contributed by atoms with Gasteiger partial charge in [0.1, 0.15) is 23.2 Å². The number of carboxylic acid groups (broad SMARTS) is 1. The lowest BCUT2D eigenvalue weighted by Crippen LogP contribution is -2.11. The second-order valence-corrected chi connectivity index (χ2v) is 4.57. The predicted molar refractivity (Wildman–Crippen MR) is 62.2 cm³/mol. The summed E-state index contributed by atoms with van der Waals surface area (Å²) in [5.41, 5.74) is 1.03. The van der Waals surface area contributed by atoms with Crippen LogP contribution in [0.5, 0.6) is 0 Å². The zero-order chi connectivity index (χ0) is 14.0. The summed E-state index contributed by atoms with van der Waals surface area (Å²) < 4.78 is 2.69. The molecule has 19 heavy (non-hydrogen) atoms. The Bertz CT molecular complexity index is 669. The summed E-state index contributed by atoms with van der Waals surface area (Å²) in [6.45, 7) is 1.39. The van der Waals surface area contributed by atoms with E-state index in [-0.39, 0.29) is 6.54 Å². The van der Waals surface area contributed by atoms with Crippen LogP contribution in [-0.2, 0) is 18.4 Å². The number of aryl methyl sites for hydroxylation is 2. The zero-order valence-corrected chi connectivity index (χ0v) is 10.9. The maximum absolute atomic E-state index is 10.7. The van der Waals surface area contributed by atoms with Crippen LogP contribution in [0.25, 0.3) is 0 Å². The molecule has 0 aliphatic carbocycles. The summed E-state index contributed by atoms with van der Waals surface area (Å²) in [6.07, 6.45) is 0. The first-order valence-electron chi connectivity index (χ1n) is 5.12. The Morgan fingerprint density at radius 3 is 2.95 bits per heavy atom. The van der Waals surface area contributed by atoms with Crippen molar-refractivity contribution in [2.75, 3.05) is 0 Å². The van der Waals surface area contributed by atoms with Gasteiger partial charge >= 0.3 is 5.97 Å². The Balaban J connectivity index is 2.35. The fourth-order valence-corrected chi connectivity index (χ4v) is 2.39. The van der Waals surface area contributed by atoms with E-state index in [1.54, 1.807) is 18.7 Å². The second-order valence-electron chi connectivity index (χ2n) is 3.62. The smallest absolute Gasteiger partial charge is 0.325 e. The number of aliphatic carboxylic acids is 1. The summed E-state index contributed by atoms with van der Waals surface area (Å²) >= 11 is 1.10. The minimum absolute atomic E-state index is 0.293. The molecule has 0 aliphatic rings. The maximum Gasteiger partial charge on any atom is 0.325 e. The number of carboxylic acids is 1. The molecule has 2 heterocycles. The van der Waals surface area contributed by atoms with E-state index < -0.39 is 5.97 Å². The van der Waals surface area contributed by atoms with Crippen LogP contribution in [-0.4, -0.2) is 41.1 Å². The van der Waals surface area contributed by atoms with Crippen LogP contribution in [0.1, 0.15) is 11.3 Å². The first kappa shape index (κ1) is 13.0. The number of hydrogen-bond acceptors (Lipinski definition) is 7. The minimum Gasteiger partial charge on any atom is -0.480 e. The molecule has 9 nitrogen and oxygen atoms in total. The summed E-state index contributed by atoms with van der Waals surface area (Å²) in [4.78, 5) is 10.7. The van der Waals surface area contributed by atoms with Crippen LogP contribution < -0.4 is 0 Å². The number of rotatable bonds is 4. The highest BCUT2D eigenvalue weighted by Crippen LogP contribution is 2.29. The second kappa shape index (κ2) is 5.07. The van der Waals surface area contributed by atoms with Crippen LogP contribution in [0, 0.1) is 18.3 Å². The molecule has 2 rings (SSSR count). The predicted octanol–water partition coefficient (Wildman–Crippen LogP) is -0.178. The van der Waals surface area contributed by atoms with Crippen LogP contribution in [0.15, 0.2) is 10.2 Å². The quantitative estimate of drug-likeness (QED) is 0.817. The topological polar surface area (TPSA) is 123 Å². The fraction of sp³-hybridized carbons (Fsp3) is 0.333. The zero-order valence-electron chi connectivity index (χ0n) is 10.1. The van der Waals surface area contributed by atoms with Crippen molar-refractivity contribution < 1.29 is 9.90 Å². The van der Waals surface area contributed by atoms with Gasteiger partial charge in [-0.3, -0.25) is 9.48 Å². The average molecular weight is 279 g/mol. The Labute approximate surface area is 111 Å². The van der Waals surface area contributed by atoms with Gasteiger partial charge in [0.15, 0.2) is 0 Å². The largest absolute Gasteiger partial charge is 0.480 e. The summed E-state index contributed by atoms with van der Waals surface area (Å²) in [6, 6.07) is 2.06. The molecule has 10 heteroatoms. The molecule has 0 unspecified atom stereocenters. The molecule has 0 spiro atoms. The Hall–Kier alpha value is -2.41. The van der Waals surface area contributed by atoms with Gasteiger partial charge in [0.25, 0.3) is 0 Å². The lowest BCUT2D eigenvalue weighted by Gasteiger charge is -2.02. The summed E-state index contributed by atoms with van der Waals surface area (Å²) in [5, 5.41) is 33.6. The molecule has 0 aromatic carbocycles. The van der Waals surface area contributed by atoms with Crippen LogP contribution >= 0.6 is 11.8 Å². The van der Waals surface area contributed by atoms with E-state index in [0.717, 1.165) is 16.4 Å². The van der Waals surface area contributed by atoms with E-state index >= 15 is 0 Å². The third kappa shape index (κ3) is 2.55. The van der Waals surface area contributed by atoms with Crippen molar-refractivity contribution in [2.45, 2.75) is 23.7 Å². The van der Waals surface area contributed by atoms with Crippen molar-refractivity contribution in [3.8, 4) is 6.07 Å². The highest BCUT2D eigenvalue weighted by molar-refractivity contribution is 7.99. The van der Waals surface area contributed by atoms with Gasteiger partial charge in [-0.15, -0.1) is 5.10 Å². The number of carbonyl (C=O) groups is 1. The normalized spacial score (nSPS) is 10.4. The van der Waals surface area contributed by atoms with Gasteiger partial charge in [-0.2, -0.15) is 10.4 Å². The molecule has 0 radical (unpaired) electrons. The standard InChI is InChI=1S/C9H9N7O2S/c1-5-6(3-10)8(15(2)12-5)19-9-11-13-14-16(9)4-7(17)18/h4H2,1-2H3,(H,17,18). The Kier molecular flexibility index (Phi) is 3.48. The Morgan fingerprint density at radius 2 is 2.32 bits per heavy atom. The molecule has 0 aliphatic heterocycles. The average Bonchev–Trinajstić information content (AvgIpc) is 2.85. The lowest BCUT2D eigenvalue weighted by molar-refractivity contribution is -0.138. The molecular weight excluding hydrogens is 270 g/mol. The van der Waals surface area contributed by atoms with Gasteiger partial charge in [-0.05, 0) is 29.1 Å². The SMILES string of the molecule is Cc1nn(C)c(Sc2nnnn2CC(=O)O)c1C#N. The van der Waals surface area contributed by atoms with E-state index in [9.17, 15) is 4.79 Å². The van der Waals surface area contributed by atoms with Crippen molar-refractivity contribution in [1.82, 2.24) is 30.0 Å². The summed E-state index contributed by atoms with van der Waals surface area (Å²) in [7, 11) is 1.70. The fourth-order valence-electron chi connectivity index (χ4n) is 1.47. The minimum atomic E-state index is -1.05. The first-order valence-corrected chi connectivity index (χ1v) is 5.94. The molecule has 0 saturated carbocycles. The molecule has 2 aromatic heterocycles. The van der Waals surface area contributed by atoms with E-state index in [0.29, 0.717) is 21.4 Å². The maximum atomic E-state index is 10.7. The van der Waals surface area contributed by atoms with Crippen molar-refractivity contribution in [2.24, 2.45) is 7.05 Å². The first-order chi connectivity index (χ1) is 9.02. The highest BCUT2D eigenvalue weighted by Gasteiger charge is 2.18. The van der Waals surface area contributed by atoms with Crippen molar-refractivity contribution in [3.63, 3.8) is 0 Å². The van der Waals surface area contributed by atoms with Gasteiger partial charge in [0, 0.05) is 7.05 Å². The molecule has 2 aromatic rings. The summed E-state index contributed by atoms with van der Waals surface area (Å²) in [5.74, 6) is -1.05. The van der Waals surface area contributed by atoms with Crippen LogP contribution in [0.2, 0.25) is 0 Å². The molecule has 0 saturated heterocycles. The van der Waals surface area contributed by atoms with Gasteiger partial charge in [-0.1, -0.05) is 0 Å². The molecule has 1 N–H and O–H groups in total.